The van der Waals surface area contributed by atoms with Crippen LogP contribution < -0.4 is 21.4 Å². The van der Waals surface area contributed by atoms with Crippen molar-refractivity contribution in [3.63, 3.8) is 0 Å². The summed E-state index contributed by atoms with van der Waals surface area (Å²) < 4.78 is 0. The second-order valence-electron chi connectivity index (χ2n) is 8.31. The Bertz CT molecular complexity index is 1620. The molecule has 4 nitrogen and oxygen atoms in total. The van der Waals surface area contributed by atoms with Crippen molar-refractivity contribution >= 4 is 45.8 Å². The molecule has 152 valence electrons. The zero-order chi connectivity index (χ0) is 21.1. The largest absolute Gasteiger partial charge is 0.355 e. The van der Waals surface area contributed by atoms with Gasteiger partial charge in [-0.25, -0.2) is 0 Å². The highest BCUT2D eigenvalue weighted by Crippen LogP contribution is 2.11. The summed E-state index contributed by atoms with van der Waals surface area (Å²) in [5.74, 6) is 0. The molecule has 0 amide bonds. The fraction of sp³-hybridized carbons (Fsp3) is 0. The summed E-state index contributed by atoms with van der Waals surface area (Å²) in [6, 6.07) is 25.5. The molecule has 0 aliphatic carbocycles. The topological polar surface area (TPSA) is 63.2 Å². The quantitative estimate of drug-likeness (QED) is 0.296. The third-order valence-electron chi connectivity index (χ3n) is 6.22. The highest BCUT2D eigenvalue weighted by Gasteiger charge is 2.05. The van der Waals surface area contributed by atoms with E-state index in [1.807, 2.05) is 0 Å². The standard InChI is InChI=1S/C28H20N4/c1-2-6-22-21(5-1)25-13-17-9-10-19(29-17)15-27-23-7-3-4-8-24(23)28(32-27)16-20-12-11-18(30-20)14-26(22)31-25/h1-16,29-32H. The summed E-state index contributed by atoms with van der Waals surface area (Å²) in [7, 11) is 0. The van der Waals surface area contributed by atoms with E-state index in [1.165, 1.54) is 21.5 Å². The van der Waals surface area contributed by atoms with E-state index in [9.17, 15) is 0 Å². The lowest BCUT2D eigenvalue weighted by molar-refractivity contribution is 1.24. The van der Waals surface area contributed by atoms with Gasteiger partial charge in [0.1, 0.15) is 0 Å². The number of fused-ring (bicyclic) bond motifs is 14. The van der Waals surface area contributed by atoms with Crippen LogP contribution in [0.3, 0.4) is 0 Å². The van der Waals surface area contributed by atoms with Gasteiger partial charge in [0.05, 0.1) is 0 Å². The Balaban J connectivity index is 1.61. The summed E-state index contributed by atoms with van der Waals surface area (Å²) in [4.78, 5) is 14.3. The van der Waals surface area contributed by atoms with E-state index < -0.39 is 0 Å². The third kappa shape index (κ3) is 2.70. The lowest BCUT2D eigenvalue weighted by Crippen LogP contribution is -2.11. The van der Waals surface area contributed by atoms with Crippen LogP contribution in [0.4, 0.5) is 0 Å². The van der Waals surface area contributed by atoms with E-state index in [-0.39, 0.29) is 0 Å². The first-order valence-corrected chi connectivity index (χ1v) is 10.8. The first-order chi connectivity index (χ1) is 15.8. The molecule has 8 bridgehead atoms. The minimum Gasteiger partial charge on any atom is -0.355 e. The minimum absolute atomic E-state index is 1.06. The second-order valence-corrected chi connectivity index (χ2v) is 8.31. The molecule has 0 spiro atoms. The van der Waals surface area contributed by atoms with Crippen LogP contribution in [0.5, 0.6) is 0 Å². The number of nitrogens with one attached hydrogen (secondary N) is 4. The molecular formula is C28H20N4. The SMILES string of the molecule is C1=c2[nH]c(c3ccccc23)=Cc2ccc([nH]2)C=c2[nH]c(c3ccccc23)=Cc2ccc1[nH]2. The van der Waals surface area contributed by atoms with E-state index in [1.54, 1.807) is 0 Å². The van der Waals surface area contributed by atoms with Gasteiger partial charge in [0.25, 0.3) is 0 Å². The molecule has 7 rings (SSSR count). The molecule has 0 saturated carbocycles. The Hall–Kier alpha value is -4.44. The molecular weight excluding hydrogens is 392 g/mol. The van der Waals surface area contributed by atoms with Gasteiger partial charge in [0.2, 0.25) is 0 Å². The van der Waals surface area contributed by atoms with E-state index in [2.05, 4.69) is 117 Å². The van der Waals surface area contributed by atoms with Crippen LogP contribution >= 0.6 is 0 Å². The Morgan fingerprint density at radius 2 is 0.594 bits per heavy atom. The van der Waals surface area contributed by atoms with Crippen molar-refractivity contribution in [2.45, 2.75) is 0 Å². The highest BCUT2D eigenvalue weighted by atomic mass is 14.8. The zero-order valence-electron chi connectivity index (χ0n) is 17.2. The molecule has 4 aromatic heterocycles. The lowest BCUT2D eigenvalue weighted by Gasteiger charge is -1.90. The Morgan fingerprint density at radius 3 is 0.875 bits per heavy atom. The number of hydrogen-bond donors (Lipinski definition) is 4. The molecule has 0 unspecified atom stereocenters. The van der Waals surface area contributed by atoms with Crippen molar-refractivity contribution < 1.29 is 0 Å². The van der Waals surface area contributed by atoms with Gasteiger partial charge in [0, 0.05) is 65.7 Å². The van der Waals surface area contributed by atoms with Crippen molar-refractivity contribution in [1.82, 2.24) is 19.9 Å². The van der Waals surface area contributed by atoms with E-state index in [0.717, 1.165) is 44.2 Å². The monoisotopic (exact) mass is 412 g/mol. The van der Waals surface area contributed by atoms with E-state index in [4.69, 9.17) is 0 Å². The molecule has 4 heteroatoms. The molecule has 1 aliphatic heterocycles. The van der Waals surface area contributed by atoms with Crippen LogP contribution in [0.25, 0.3) is 45.8 Å². The second kappa shape index (κ2) is 6.53. The van der Waals surface area contributed by atoms with Gasteiger partial charge < -0.3 is 19.9 Å². The van der Waals surface area contributed by atoms with Gasteiger partial charge in [0.15, 0.2) is 0 Å². The van der Waals surface area contributed by atoms with Crippen LogP contribution in [0.1, 0.15) is 22.8 Å². The van der Waals surface area contributed by atoms with Crippen LogP contribution in [0.2, 0.25) is 0 Å². The van der Waals surface area contributed by atoms with Crippen LogP contribution in [0.15, 0.2) is 72.8 Å². The predicted molar refractivity (Wildman–Crippen MR) is 131 cm³/mol. The van der Waals surface area contributed by atoms with Crippen LogP contribution in [-0.4, -0.2) is 19.9 Å². The number of benzene rings is 2. The van der Waals surface area contributed by atoms with Gasteiger partial charge in [-0.1, -0.05) is 48.5 Å². The van der Waals surface area contributed by atoms with E-state index in [0.29, 0.717) is 0 Å². The first-order valence-electron chi connectivity index (χ1n) is 10.8. The Morgan fingerprint density at radius 1 is 0.312 bits per heavy atom. The summed E-state index contributed by atoms with van der Waals surface area (Å²) in [6.45, 7) is 0. The number of hydrogen-bond acceptors (Lipinski definition) is 0. The fourth-order valence-electron chi connectivity index (χ4n) is 4.74. The number of H-pyrrole nitrogens is 4. The molecule has 32 heavy (non-hydrogen) atoms. The van der Waals surface area contributed by atoms with Gasteiger partial charge in [-0.2, -0.15) is 0 Å². The summed E-state index contributed by atoms with van der Waals surface area (Å²) in [6.07, 6.45) is 8.70. The maximum Gasteiger partial charge on any atom is 0.0485 e. The molecule has 0 radical (unpaired) electrons. The summed E-state index contributed by atoms with van der Waals surface area (Å²) >= 11 is 0. The Kier molecular flexibility index (Phi) is 3.52. The Labute approximate surface area is 182 Å². The van der Waals surface area contributed by atoms with Crippen molar-refractivity contribution in [2.75, 3.05) is 0 Å². The maximum absolute atomic E-state index is 3.62. The van der Waals surface area contributed by atoms with E-state index >= 15 is 0 Å². The molecule has 1 aliphatic rings. The van der Waals surface area contributed by atoms with Crippen molar-refractivity contribution in [2.24, 2.45) is 0 Å². The molecule has 2 aromatic carbocycles. The zero-order valence-corrected chi connectivity index (χ0v) is 17.2. The average molecular weight is 412 g/mol. The highest BCUT2D eigenvalue weighted by molar-refractivity contribution is 5.87. The van der Waals surface area contributed by atoms with Crippen LogP contribution in [-0.2, 0) is 0 Å². The van der Waals surface area contributed by atoms with Crippen molar-refractivity contribution in [1.29, 1.82) is 0 Å². The molecule has 0 fully saturated rings. The normalized spacial score (nSPS) is 12.8. The summed E-state index contributed by atoms with van der Waals surface area (Å²) in [5, 5.41) is 9.22. The minimum atomic E-state index is 1.06. The van der Waals surface area contributed by atoms with Gasteiger partial charge in [-0.15, -0.1) is 0 Å². The van der Waals surface area contributed by atoms with Crippen molar-refractivity contribution in [3.8, 4) is 0 Å². The third-order valence-corrected chi connectivity index (χ3v) is 6.22. The summed E-state index contributed by atoms with van der Waals surface area (Å²) in [5.41, 5.74) is 4.25. The number of aromatic amines is 4. The van der Waals surface area contributed by atoms with Gasteiger partial charge in [-0.3, -0.25) is 0 Å². The van der Waals surface area contributed by atoms with Crippen LogP contribution in [0, 0.1) is 0 Å². The van der Waals surface area contributed by atoms with Crippen molar-refractivity contribution in [3.05, 3.63) is 117 Å². The van der Waals surface area contributed by atoms with Gasteiger partial charge in [-0.05, 0) is 48.6 Å². The number of aromatic nitrogens is 4. The first kappa shape index (κ1) is 17.3. The molecule has 0 atom stereocenters. The predicted octanol–water partition coefficient (Wildman–Crippen LogP) is 2.93. The number of rotatable bonds is 0. The molecule has 4 N–H and O–H groups in total. The smallest absolute Gasteiger partial charge is 0.0485 e. The van der Waals surface area contributed by atoms with Gasteiger partial charge >= 0.3 is 0 Å². The lowest BCUT2D eigenvalue weighted by atomic mass is 10.2. The fourth-order valence-corrected chi connectivity index (χ4v) is 4.74. The average Bonchev–Trinajstić information content (AvgIpc) is 3.58. The maximum atomic E-state index is 3.62. The molecule has 0 saturated heterocycles. The molecule has 5 heterocycles. The molecule has 6 aromatic rings.